The van der Waals surface area contributed by atoms with Gasteiger partial charge in [0.15, 0.2) is 0 Å². The van der Waals surface area contributed by atoms with Gasteiger partial charge in [0.2, 0.25) is 0 Å². The molecule has 2 nitrogen and oxygen atoms in total. The van der Waals surface area contributed by atoms with E-state index >= 15 is 0 Å². The fourth-order valence-electron chi connectivity index (χ4n) is 0.790. The topological polar surface area (TPSA) is 29.5 Å². The van der Waals surface area contributed by atoms with Crippen LogP contribution >= 0.6 is 0 Å². The second-order valence-electron chi connectivity index (χ2n) is 2.76. The maximum atomic E-state index is 11.1. The Kier molecular flexibility index (Phi) is 6.99. The molecule has 0 aromatic carbocycles. The molecule has 5 heteroatoms. The van der Waals surface area contributed by atoms with Crippen molar-refractivity contribution in [3.05, 3.63) is 0 Å². The highest BCUT2D eigenvalue weighted by Crippen LogP contribution is 2.20. The molecule has 0 spiro atoms. The van der Waals surface area contributed by atoms with Gasteiger partial charge in [-0.15, -0.1) is 0 Å². The van der Waals surface area contributed by atoms with Crippen LogP contribution in [0.5, 0.6) is 0 Å². The van der Waals surface area contributed by atoms with E-state index in [0.717, 1.165) is 13.2 Å². The summed E-state index contributed by atoms with van der Waals surface area (Å²) in [6, 6.07) is 0. The van der Waals surface area contributed by atoms with E-state index in [-0.39, 0.29) is 13.0 Å². The monoisotopic (exact) mass is 200 g/mol. The van der Waals surface area contributed by atoms with Gasteiger partial charge in [0.05, 0.1) is 0 Å². The van der Waals surface area contributed by atoms with E-state index in [4.69, 9.17) is 9.84 Å². The second-order valence-corrected chi connectivity index (χ2v) is 2.76. The Morgan fingerprint density at radius 2 is 1.69 bits per heavy atom. The maximum absolute atomic E-state index is 11.1. The fourth-order valence-corrected chi connectivity index (χ4v) is 0.790. The summed E-state index contributed by atoms with van der Waals surface area (Å²) in [6.07, 6.45) is -2.63. The van der Waals surface area contributed by atoms with Crippen LogP contribution in [0.2, 0.25) is 0 Å². The number of ether oxygens (including phenoxy) is 1. The Morgan fingerprint density at radius 3 is 1.85 bits per heavy atom. The SMILES string of the molecule is C1CCOC1.OCCCC(F)(F)F. The number of rotatable bonds is 2. The molecule has 0 aromatic heterocycles. The third-order valence-electron chi connectivity index (χ3n) is 1.45. The van der Waals surface area contributed by atoms with Gasteiger partial charge in [0.1, 0.15) is 0 Å². The van der Waals surface area contributed by atoms with Crippen LogP contribution in [0.1, 0.15) is 25.7 Å². The van der Waals surface area contributed by atoms with E-state index in [1.807, 2.05) is 0 Å². The zero-order valence-electron chi connectivity index (χ0n) is 7.44. The minimum atomic E-state index is -4.11. The van der Waals surface area contributed by atoms with Crippen molar-refractivity contribution in [1.82, 2.24) is 0 Å². The summed E-state index contributed by atoms with van der Waals surface area (Å²) in [5.74, 6) is 0. The maximum Gasteiger partial charge on any atom is 0.389 e. The number of aliphatic hydroxyl groups excluding tert-OH is 1. The van der Waals surface area contributed by atoms with Crippen molar-refractivity contribution < 1.29 is 23.0 Å². The molecular formula is C8H15F3O2. The summed E-state index contributed by atoms with van der Waals surface area (Å²) in [5, 5.41) is 7.93. The number of aliphatic hydroxyl groups is 1. The summed E-state index contributed by atoms with van der Waals surface area (Å²) in [6.45, 7) is 1.61. The lowest BCUT2D eigenvalue weighted by Gasteiger charge is -2.01. The summed E-state index contributed by atoms with van der Waals surface area (Å²) in [7, 11) is 0. The molecular weight excluding hydrogens is 185 g/mol. The van der Waals surface area contributed by atoms with E-state index < -0.39 is 12.6 Å². The lowest BCUT2D eigenvalue weighted by molar-refractivity contribution is -0.136. The van der Waals surface area contributed by atoms with Gasteiger partial charge >= 0.3 is 6.18 Å². The average molecular weight is 200 g/mol. The molecule has 0 radical (unpaired) electrons. The summed E-state index contributed by atoms with van der Waals surface area (Å²) in [4.78, 5) is 0. The van der Waals surface area contributed by atoms with Crippen LogP contribution in [0.4, 0.5) is 13.2 Å². The van der Waals surface area contributed by atoms with Gasteiger partial charge in [-0.3, -0.25) is 0 Å². The number of halogens is 3. The molecule has 1 heterocycles. The van der Waals surface area contributed by atoms with Gasteiger partial charge in [-0.2, -0.15) is 13.2 Å². The first-order valence-electron chi connectivity index (χ1n) is 4.31. The highest BCUT2D eigenvalue weighted by atomic mass is 19.4. The Morgan fingerprint density at radius 1 is 1.15 bits per heavy atom. The van der Waals surface area contributed by atoms with Crippen molar-refractivity contribution in [2.45, 2.75) is 31.9 Å². The van der Waals surface area contributed by atoms with Gasteiger partial charge < -0.3 is 9.84 Å². The van der Waals surface area contributed by atoms with Crippen molar-refractivity contribution in [1.29, 1.82) is 0 Å². The molecule has 1 N–H and O–H groups in total. The Bertz CT molecular complexity index is 103. The molecule has 1 rings (SSSR count). The van der Waals surface area contributed by atoms with E-state index in [1.54, 1.807) is 0 Å². The van der Waals surface area contributed by atoms with Crippen molar-refractivity contribution >= 4 is 0 Å². The van der Waals surface area contributed by atoms with Crippen molar-refractivity contribution in [2.75, 3.05) is 19.8 Å². The summed E-state index contributed by atoms with van der Waals surface area (Å²) < 4.78 is 38.3. The van der Waals surface area contributed by atoms with Crippen molar-refractivity contribution in [3.8, 4) is 0 Å². The smallest absolute Gasteiger partial charge is 0.389 e. The van der Waals surface area contributed by atoms with Gasteiger partial charge in [0.25, 0.3) is 0 Å². The fraction of sp³-hybridized carbons (Fsp3) is 1.00. The van der Waals surface area contributed by atoms with E-state index in [0.29, 0.717) is 0 Å². The molecule has 1 aliphatic heterocycles. The first kappa shape index (κ1) is 12.7. The molecule has 0 aromatic rings. The highest BCUT2D eigenvalue weighted by Gasteiger charge is 2.25. The van der Waals surface area contributed by atoms with Crippen molar-refractivity contribution in [2.24, 2.45) is 0 Å². The van der Waals surface area contributed by atoms with Gasteiger partial charge in [0, 0.05) is 26.2 Å². The predicted molar refractivity (Wildman–Crippen MR) is 42.4 cm³/mol. The zero-order valence-corrected chi connectivity index (χ0v) is 7.44. The molecule has 13 heavy (non-hydrogen) atoms. The van der Waals surface area contributed by atoms with Gasteiger partial charge in [-0.1, -0.05) is 0 Å². The van der Waals surface area contributed by atoms with Crippen LogP contribution < -0.4 is 0 Å². The molecule has 0 atom stereocenters. The van der Waals surface area contributed by atoms with Crippen LogP contribution in [0.3, 0.4) is 0 Å². The zero-order chi connectivity index (χ0) is 10.2. The van der Waals surface area contributed by atoms with E-state index in [2.05, 4.69) is 0 Å². The lowest BCUT2D eigenvalue weighted by atomic mass is 10.3. The standard InChI is InChI=1S/C4H7F3O.C4H8O/c5-4(6,7)2-1-3-8;1-2-4-5-3-1/h8H,1-3H2;1-4H2. The van der Waals surface area contributed by atoms with Crippen LogP contribution in [-0.2, 0) is 4.74 Å². The number of alkyl halides is 3. The van der Waals surface area contributed by atoms with E-state index in [1.165, 1.54) is 12.8 Å². The van der Waals surface area contributed by atoms with E-state index in [9.17, 15) is 13.2 Å². The molecule has 0 amide bonds. The number of hydrogen-bond donors (Lipinski definition) is 1. The molecule has 0 aliphatic carbocycles. The Balaban J connectivity index is 0.000000243. The molecule has 0 bridgehead atoms. The normalized spacial score (nSPS) is 16.6. The van der Waals surface area contributed by atoms with Gasteiger partial charge in [-0.25, -0.2) is 0 Å². The van der Waals surface area contributed by atoms with Crippen molar-refractivity contribution in [3.63, 3.8) is 0 Å². The quantitative estimate of drug-likeness (QED) is 0.739. The summed E-state index contributed by atoms with van der Waals surface area (Å²) in [5.41, 5.74) is 0. The minimum absolute atomic E-state index is 0.191. The lowest BCUT2D eigenvalue weighted by Crippen LogP contribution is -2.07. The highest BCUT2D eigenvalue weighted by molar-refractivity contribution is 4.47. The largest absolute Gasteiger partial charge is 0.396 e. The van der Waals surface area contributed by atoms with Crippen LogP contribution in [0, 0.1) is 0 Å². The third kappa shape index (κ3) is 11.7. The number of hydrogen-bond acceptors (Lipinski definition) is 2. The molecule has 0 unspecified atom stereocenters. The molecule has 1 saturated heterocycles. The Hall–Kier alpha value is -0.290. The van der Waals surface area contributed by atoms with Crippen LogP contribution in [0.15, 0.2) is 0 Å². The van der Waals surface area contributed by atoms with Gasteiger partial charge in [-0.05, 0) is 19.3 Å². The molecule has 0 saturated carbocycles. The summed E-state index contributed by atoms with van der Waals surface area (Å²) >= 11 is 0. The molecule has 1 fully saturated rings. The van der Waals surface area contributed by atoms with Crippen LogP contribution in [-0.4, -0.2) is 31.1 Å². The first-order chi connectivity index (χ1) is 6.06. The molecule has 1 aliphatic rings. The third-order valence-corrected chi connectivity index (χ3v) is 1.45. The Labute approximate surface area is 75.7 Å². The van der Waals surface area contributed by atoms with Crippen LogP contribution in [0.25, 0.3) is 0 Å². The average Bonchev–Trinajstić information content (AvgIpc) is 2.56. The first-order valence-corrected chi connectivity index (χ1v) is 4.31. The minimum Gasteiger partial charge on any atom is -0.396 e. The molecule has 80 valence electrons. The predicted octanol–water partition coefficient (Wildman–Crippen LogP) is 2.12. The second kappa shape index (κ2) is 7.15.